The lowest BCUT2D eigenvalue weighted by molar-refractivity contribution is 0.589. The van der Waals surface area contributed by atoms with Gasteiger partial charge < -0.3 is 0 Å². The molecule has 0 bridgehead atoms. The quantitative estimate of drug-likeness (QED) is 0.614. The van der Waals surface area contributed by atoms with Gasteiger partial charge in [0.1, 0.15) is 0 Å². The molecule has 0 spiro atoms. The van der Waals surface area contributed by atoms with Crippen LogP contribution in [0.15, 0.2) is 18.2 Å². The van der Waals surface area contributed by atoms with Gasteiger partial charge in [-0.25, -0.2) is 0 Å². The average Bonchev–Trinajstić information content (AvgIpc) is 2.18. The van der Waals surface area contributed by atoms with Gasteiger partial charge in [-0.2, -0.15) is 0 Å². The fourth-order valence-electron chi connectivity index (χ4n) is 1.50. The summed E-state index contributed by atoms with van der Waals surface area (Å²) in [4.78, 5) is 0. The Hall–Kier alpha value is -0.780. The second-order valence-corrected chi connectivity index (χ2v) is 4.81. The van der Waals surface area contributed by atoms with Crippen molar-refractivity contribution in [3.8, 4) is 0 Å². The van der Waals surface area contributed by atoms with Gasteiger partial charge in [-0.1, -0.05) is 65.3 Å². The Bertz CT molecular complexity index is 289. The maximum absolute atomic E-state index is 2.33. The summed E-state index contributed by atoms with van der Waals surface area (Å²) in [6.07, 6.45) is 1.13. The highest BCUT2D eigenvalue weighted by molar-refractivity contribution is 5.33. The molecule has 0 aliphatic carbocycles. The Balaban J connectivity index is 0.000000921. The van der Waals surface area contributed by atoms with E-state index in [0.717, 1.165) is 6.42 Å². The average molecular weight is 206 g/mol. The van der Waals surface area contributed by atoms with Crippen LogP contribution in [0.4, 0.5) is 0 Å². The largest absolute Gasteiger partial charge is 0.0683 e. The topological polar surface area (TPSA) is 0 Å². The van der Waals surface area contributed by atoms with Crippen molar-refractivity contribution in [2.45, 2.75) is 60.3 Å². The van der Waals surface area contributed by atoms with Crippen LogP contribution in [-0.2, 0) is 11.8 Å². The van der Waals surface area contributed by atoms with Crippen LogP contribution >= 0.6 is 0 Å². The van der Waals surface area contributed by atoms with Gasteiger partial charge in [-0.3, -0.25) is 0 Å². The molecule has 1 aromatic rings. The lowest BCUT2D eigenvalue weighted by Gasteiger charge is -2.20. The summed E-state index contributed by atoms with van der Waals surface area (Å²) in [6.45, 7) is 15.2. The Morgan fingerprint density at radius 1 is 1.00 bits per heavy atom. The van der Waals surface area contributed by atoms with Crippen LogP contribution in [0.25, 0.3) is 0 Å². The molecule has 0 nitrogen and oxygen atoms in total. The molecule has 0 N–H and O–H groups in total. The molecule has 0 saturated carbocycles. The first kappa shape index (κ1) is 14.2. The Morgan fingerprint density at radius 3 is 1.93 bits per heavy atom. The SMILES string of the molecule is CC.CCc1cc(C)cc(C(C)(C)C)c1. The molecule has 0 heterocycles. The van der Waals surface area contributed by atoms with Crippen molar-refractivity contribution in [1.82, 2.24) is 0 Å². The number of aryl methyl sites for hydroxylation is 2. The minimum Gasteiger partial charge on any atom is -0.0683 e. The zero-order valence-corrected chi connectivity index (χ0v) is 11.4. The third-order valence-corrected chi connectivity index (χ3v) is 2.41. The summed E-state index contributed by atoms with van der Waals surface area (Å²) in [5, 5.41) is 0. The van der Waals surface area contributed by atoms with E-state index in [4.69, 9.17) is 0 Å². The van der Waals surface area contributed by atoms with E-state index in [1.54, 1.807) is 0 Å². The van der Waals surface area contributed by atoms with Crippen LogP contribution in [0.5, 0.6) is 0 Å². The predicted molar refractivity (Wildman–Crippen MR) is 70.6 cm³/mol. The van der Waals surface area contributed by atoms with E-state index in [-0.39, 0.29) is 5.41 Å². The normalized spacial score (nSPS) is 10.6. The third kappa shape index (κ3) is 4.51. The van der Waals surface area contributed by atoms with E-state index in [9.17, 15) is 0 Å². The van der Waals surface area contributed by atoms with Crippen molar-refractivity contribution >= 4 is 0 Å². The number of hydrogen-bond donors (Lipinski definition) is 0. The Labute approximate surface area is 95.7 Å². The highest BCUT2D eigenvalue weighted by Gasteiger charge is 2.13. The van der Waals surface area contributed by atoms with E-state index in [0.29, 0.717) is 0 Å². The van der Waals surface area contributed by atoms with Crippen LogP contribution in [0, 0.1) is 6.92 Å². The molecule has 0 amide bonds. The molecule has 0 aliphatic heterocycles. The summed E-state index contributed by atoms with van der Waals surface area (Å²) in [5.41, 5.74) is 4.55. The van der Waals surface area contributed by atoms with Crippen molar-refractivity contribution < 1.29 is 0 Å². The van der Waals surface area contributed by atoms with Crippen molar-refractivity contribution in [2.24, 2.45) is 0 Å². The van der Waals surface area contributed by atoms with Gasteiger partial charge in [0.25, 0.3) is 0 Å². The minimum atomic E-state index is 0.274. The number of benzene rings is 1. The predicted octanol–water partition coefficient (Wildman–Crippen LogP) is 4.88. The van der Waals surface area contributed by atoms with Crippen LogP contribution in [0.2, 0.25) is 0 Å². The molecule has 0 saturated heterocycles. The highest BCUT2D eigenvalue weighted by Crippen LogP contribution is 2.24. The van der Waals surface area contributed by atoms with Gasteiger partial charge in [0.15, 0.2) is 0 Å². The molecule has 0 atom stereocenters. The zero-order valence-electron chi connectivity index (χ0n) is 11.4. The first-order chi connectivity index (χ1) is 6.93. The summed E-state index contributed by atoms with van der Waals surface area (Å²) in [7, 11) is 0. The summed E-state index contributed by atoms with van der Waals surface area (Å²) in [5.74, 6) is 0. The van der Waals surface area contributed by atoms with Gasteiger partial charge in [0.05, 0.1) is 0 Å². The fraction of sp³-hybridized carbons (Fsp3) is 0.600. The summed E-state index contributed by atoms with van der Waals surface area (Å²) in [6, 6.07) is 6.89. The maximum Gasteiger partial charge on any atom is -0.0132 e. The van der Waals surface area contributed by atoms with Gasteiger partial charge >= 0.3 is 0 Å². The molecular weight excluding hydrogens is 180 g/mol. The molecule has 0 aliphatic rings. The van der Waals surface area contributed by atoms with Gasteiger partial charge in [0, 0.05) is 0 Å². The molecule has 1 aromatic carbocycles. The van der Waals surface area contributed by atoms with E-state index >= 15 is 0 Å². The maximum atomic E-state index is 2.33. The van der Waals surface area contributed by atoms with E-state index < -0.39 is 0 Å². The Kier molecular flexibility index (Phi) is 5.64. The molecule has 0 fully saturated rings. The molecule has 0 heteroatoms. The molecular formula is C15H26. The lowest BCUT2D eigenvalue weighted by Crippen LogP contribution is -2.11. The molecule has 1 rings (SSSR count). The lowest BCUT2D eigenvalue weighted by atomic mass is 9.85. The van der Waals surface area contributed by atoms with Crippen molar-refractivity contribution in [3.05, 3.63) is 34.9 Å². The summed E-state index contributed by atoms with van der Waals surface area (Å²) >= 11 is 0. The van der Waals surface area contributed by atoms with E-state index in [1.165, 1.54) is 16.7 Å². The zero-order chi connectivity index (χ0) is 12.1. The smallest absolute Gasteiger partial charge is 0.0132 e. The molecule has 0 unspecified atom stereocenters. The monoisotopic (exact) mass is 206 g/mol. The second kappa shape index (κ2) is 5.95. The first-order valence-electron chi connectivity index (χ1n) is 6.04. The first-order valence-corrected chi connectivity index (χ1v) is 6.04. The second-order valence-electron chi connectivity index (χ2n) is 4.81. The standard InChI is InChI=1S/C13H20.C2H6/c1-6-11-7-10(2)8-12(9-11)13(3,4)5;1-2/h7-9H,6H2,1-5H3;1-2H3. The van der Waals surface area contributed by atoms with Gasteiger partial charge in [0.2, 0.25) is 0 Å². The molecule has 0 radical (unpaired) electrons. The van der Waals surface area contributed by atoms with Crippen LogP contribution in [-0.4, -0.2) is 0 Å². The number of rotatable bonds is 1. The van der Waals surface area contributed by atoms with E-state index in [2.05, 4.69) is 52.8 Å². The van der Waals surface area contributed by atoms with Gasteiger partial charge in [-0.05, 0) is 29.9 Å². The minimum absolute atomic E-state index is 0.274. The van der Waals surface area contributed by atoms with Crippen molar-refractivity contribution in [1.29, 1.82) is 0 Å². The van der Waals surface area contributed by atoms with Crippen LogP contribution in [0.1, 0.15) is 58.2 Å². The molecule has 86 valence electrons. The van der Waals surface area contributed by atoms with Crippen LogP contribution in [0.3, 0.4) is 0 Å². The molecule has 15 heavy (non-hydrogen) atoms. The summed E-state index contributed by atoms with van der Waals surface area (Å²) < 4.78 is 0. The molecule has 0 aromatic heterocycles. The fourth-order valence-corrected chi connectivity index (χ4v) is 1.50. The number of hydrogen-bond acceptors (Lipinski definition) is 0. The van der Waals surface area contributed by atoms with Gasteiger partial charge in [-0.15, -0.1) is 0 Å². The van der Waals surface area contributed by atoms with Crippen LogP contribution < -0.4 is 0 Å². The van der Waals surface area contributed by atoms with Crippen molar-refractivity contribution in [3.63, 3.8) is 0 Å². The third-order valence-electron chi connectivity index (χ3n) is 2.41. The van der Waals surface area contributed by atoms with E-state index in [1.807, 2.05) is 13.8 Å². The Morgan fingerprint density at radius 2 is 1.53 bits per heavy atom. The van der Waals surface area contributed by atoms with Crippen molar-refractivity contribution in [2.75, 3.05) is 0 Å². The highest BCUT2D eigenvalue weighted by atomic mass is 14.2.